The number of hydrogen-bond acceptors (Lipinski definition) is 2. The number of ether oxygens (including phenoxy) is 1. The Morgan fingerprint density at radius 3 is 2.56 bits per heavy atom. The molecule has 1 aliphatic rings. The number of rotatable bonds is 5. The van der Waals surface area contributed by atoms with Gasteiger partial charge in [0.05, 0.1) is 6.61 Å². The SMILES string of the molecule is C=C(C)C(=O)OCCC(C)C1CCCCC1. The average molecular weight is 224 g/mol. The van der Waals surface area contributed by atoms with Gasteiger partial charge < -0.3 is 4.74 Å². The minimum atomic E-state index is -0.254. The van der Waals surface area contributed by atoms with Crippen LogP contribution in [-0.4, -0.2) is 12.6 Å². The smallest absolute Gasteiger partial charge is 0.333 e. The Labute approximate surface area is 99.1 Å². The lowest BCUT2D eigenvalue weighted by Crippen LogP contribution is -2.18. The van der Waals surface area contributed by atoms with Crippen LogP contribution in [0.15, 0.2) is 12.2 Å². The topological polar surface area (TPSA) is 26.3 Å². The number of carbonyl (C=O) groups is 1. The summed E-state index contributed by atoms with van der Waals surface area (Å²) >= 11 is 0. The second kappa shape index (κ2) is 6.72. The minimum absolute atomic E-state index is 0.254. The molecule has 0 aliphatic heterocycles. The van der Waals surface area contributed by atoms with Gasteiger partial charge >= 0.3 is 5.97 Å². The van der Waals surface area contributed by atoms with Crippen LogP contribution < -0.4 is 0 Å². The average Bonchev–Trinajstić information content (AvgIpc) is 2.29. The molecule has 1 rings (SSSR count). The van der Waals surface area contributed by atoms with E-state index >= 15 is 0 Å². The highest BCUT2D eigenvalue weighted by Crippen LogP contribution is 2.31. The normalized spacial score (nSPS) is 19.1. The van der Waals surface area contributed by atoms with Gasteiger partial charge in [-0.2, -0.15) is 0 Å². The van der Waals surface area contributed by atoms with Gasteiger partial charge in [-0.05, 0) is 25.2 Å². The second-order valence-electron chi connectivity index (χ2n) is 5.08. The molecule has 0 saturated heterocycles. The van der Waals surface area contributed by atoms with E-state index in [9.17, 15) is 4.79 Å². The van der Waals surface area contributed by atoms with Gasteiger partial charge in [-0.25, -0.2) is 4.79 Å². The Hall–Kier alpha value is -0.790. The van der Waals surface area contributed by atoms with Gasteiger partial charge in [0.25, 0.3) is 0 Å². The second-order valence-corrected chi connectivity index (χ2v) is 5.08. The molecule has 2 nitrogen and oxygen atoms in total. The fourth-order valence-corrected chi connectivity index (χ4v) is 2.40. The first kappa shape index (κ1) is 13.3. The van der Waals surface area contributed by atoms with Crippen molar-refractivity contribution in [1.82, 2.24) is 0 Å². The summed E-state index contributed by atoms with van der Waals surface area (Å²) in [6.45, 7) is 8.08. The van der Waals surface area contributed by atoms with Crippen molar-refractivity contribution in [3.05, 3.63) is 12.2 Å². The summed E-state index contributed by atoms with van der Waals surface area (Å²) in [5, 5.41) is 0. The van der Waals surface area contributed by atoms with Crippen molar-refractivity contribution in [2.75, 3.05) is 6.61 Å². The zero-order chi connectivity index (χ0) is 12.0. The molecular formula is C14H24O2. The number of hydrogen-bond donors (Lipinski definition) is 0. The molecule has 16 heavy (non-hydrogen) atoms. The zero-order valence-corrected chi connectivity index (χ0v) is 10.6. The molecule has 1 aliphatic carbocycles. The van der Waals surface area contributed by atoms with Crippen molar-refractivity contribution in [2.45, 2.75) is 52.4 Å². The summed E-state index contributed by atoms with van der Waals surface area (Å²) in [5.41, 5.74) is 0.491. The quantitative estimate of drug-likeness (QED) is 0.525. The molecule has 0 aromatic carbocycles. The summed E-state index contributed by atoms with van der Waals surface area (Å²) < 4.78 is 5.13. The van der Waals surface area contributed by atoms with Gasteiger partial charge in [0.1, 0.15) is 0 Å². The molecular weight excluding hydrogens is 200 g/mol. The molecule has 1 atom stereocenters. The maximum Gasteiger partial charge on any atom is 0.333 e. The Bertz CT molecular complexity index is 239. The zero-order valence-electron chi connectivity index (χ0n) is 10.6. The lowest BCUT2D eigenvalue weighted by Gasteiger charge is -2.27. The van der Waals surface area contributed by atoms with Crippen LogP contribution in [0.2, 0.25) is 0 Å². The fourth-order valence-electron chi connectivity index (χ4n) is 2.40. The molecule has 0 aromatic rings. The molecule has 2 heteroatoms. The third-order valence-corrected chi connectivity index (χ3v) is 3.61. The molecule has 92 valence electrons. The lowest BCUT2D eigenvalue weighted by molar-refractivity contribution is -0.139. The minimum Gasteiger partial charge on any atom is -0.462 e. The Balaban J connectivity index is 2.16. The van der Waals surface area contributed by atoms with Gasteiger partial charge in [0.15, 0.2) is 0 Å². The van der Waals surface area contributed by atoms with Crippen LogP contribution in [-0.2, 0) is 9.53 Å². The van der Waals surface area contributed by atoms with Gasteiger partial charge in [0, 0.05) is 5.57 Å². The van der Waals surface area contributed by atoms with E-state index in [1.807, 2.05) is 0 Å². The van der Waals surface area contributed by atoms with E-state index in [4.69, 9.17) is 4.74 Å². The van der Waals surface area contributed by atoms with Crippen molar-refractivity contribution >= 4 is 5.97 Å². The summed E-state index contributed by atoms with van der Waals surface area (Å²) in [4.78, 5) is 11.2. The molecule has 0 radical (unpaired) electrons. The molecule has 0 N–H and O–H groups in total. The van der Waals surface area contributed by atoms with E-state index in [2.05, 4.69) is 13.5 Å². The summed E-state index contributed by atoms with van der Waals surface area (Å²) in [6.07, 6.45) is 7.85. The Morgan fingerprint density at radius 1 is 1.38 bits per heavy atom. The largest absolute Gasteiger partial charge is 0.462 e. The maximum absolute atomic E-state index is 11.2. The monoisotopic (exact) mass is 224 g/mol. The van der Waals surface area contributed by atoms with Gasteiger partial charge in [-0.3, -0.25) is 0 Å². The standard InChI is InChI=1S/C14H24O2/c1-11(2)14(15)16-10-9-12(3)13-7-5-4-6-8-13/h12-13H,1,4-10H2,2-3H3. The van der Waals surface area contributed by atoms with Crippen LogP contribution in [0, 0.1) is 11.8 Å². The van der Waals surface area contributed by atoms with Crippen molar-refractivity contribution in [3.8, 4) is 0 Å². The van der Waals surface area contributed by atoms with E-state index in [1.54, 1.807) is 6.92 Å². The molecule has 0 heterocycles. The molecule has 0 amide bonds. The van der Waals surface area contributed by atoms with Gasteiger partial charge in [0.2, 0.25) is 0 Å². The molecule has 0 spiro atoms. The van der Waals surface area contributed by atoms with Gasteiger partial charge in [-0.1, -0.05) is 45.6 Å². The predicted octanol–water partition coefficient (Wildman–Crippen LogP) is 3.71. The van der Waals surface area contributed by atoms with Crippen molar-refractivity contribution in [3.63, 3.8) is 0 Å². The summed E-state index contributed by atoms with van der Waals surface area (Å²) in [7, 11) is 0. The van der Waals surface area contributed by atoms with E-state index in [1.165, 1.54) is 32.1 Å². The Kier molecular flexibility index (Phi) is 5.58. The first-order valence-corrected chi connectivity index (χ1v) is 6.44. The number of carbonyl (C=O) groups excluding carboxylic acids is 1. The van der Waals surface area contributed by atoms with Gasteiger partial charge in [-0.15, -0.1) is 0 Å². The molecule has 1 unspecified atom stereocenters. The molecule has 0 bridgehead atoms. The third-order valence-electron chi connectivity index (χ3n) is 3.61. The van der Waals surface area contributed by atoms with E-state index in [-0.39, 0.29) is 5.97 Å². The highest BCUT2D eigenvalue weighted by Gasteiger charge is 2.20. The van der Waals surface area contributed by atoms with Crippen LogP contribution in [0.1, 0.15) is 52.4 Å². The third kappa shape index (κ3) is 4.38. The fraction of sp³-hybridized carbons (Fsp3) is 0.786. The molecule has 0 aromatic heterocycles. The van der Waals surface area contributed by atoms with Crippen LogP contribution in [0.4, 0.5) is 0 Å². The molecule has 1 saturated carbocycles. The lowest BCUT2D eigenvalue weighted by atomic mass is 9.80. The first-order valence-electron chi connectivity index (χ1n) is 6.44. The van der Waals surface area contributed by atoms with Crippen LogP contribution >= 0.6 is 0 Å². The highest BCUT2D eigenvalue weighted by atomic mass is 16.5. The summed E-state index contributed by atoms with van der Waals surface area (Å²) in [6, 6.07) is 0. The van der Waals surface area contributed by atoms with E-state index in [0.29, 0.717) is 18.1 Å². The van der Waals surface area contributed by atoms with E-state index < -0.39 is 0 Å². The maximum atomic E-state index is 11.2. The first-order chi connectivity index (χ1) is 7.61. The molecule has 1 fully saturated rings. The van der Waals surface area contributed by atoms with Crippen LogP contribution in [0.5, 0.6) is 0 Å². The highest BCUT2D eigenvalue weighted by molar-refractivity contribution is 5.86. The Morgan fingerprint density at radius 2 is 2.00 bits per heavy atom. The number of esters is 1. The van der Waals surface area contributed by atoms with Crippen LogP contribution in [0.3, 0.4) is 0 Å². The van der Waals surface area contributed by atoms with Crippen molar-refractivity contribution in [2.24, 2.45) is 11.8 Å². The van der Waals surface area contributed by atoms with Crippen molar-refractivity contribution < 1.29 is 9.53 Å². The predicted molar refractivity (Wildman–Crippen MR) is 66.1 cm³/mol. The van der Waals surface area contributed by atoms with Crippen LogP contribution in [0.25, 0.3) is 0 Å². The summed E-state index contributed by atoms with van der Waals surface area (Å²) in [5.74, 6) is 1.27. The van der Waals surface area contributed by atoms with Crippen molar-refractivity contribution in [1.29, 1.82) is 0 Å². The van der Waals surface area contributed by atoms with E-state index in [0.717, 1.165) is 12.3 Å².